The predicted octanol–water partition coefficient (Wildman–Crippen LogP) is 5.22. The molecule has 12 heteroatoms. The lowest BCUT2D eigenvalue weighted by molar-refractivity contribution is 0.0526. The number of H-pyrrole nitrogens is 1. The van der Waals surface area contributed by atoms with Crippen LogP contribution < -0.4 is 26.2 Å². The SMILES string of the molecule is COc1ccc2cc(C(=O)Nc3cc(C(=O)NC(CCNC(=O)OC(C)(C)C)c4ccccc4)ccc3Cl)c(=O)[nH]c2n1. The number of methoxy groups -OCH3 is 1. The number of amides is 3. The molecule has 43 heavy (non-hydrogen) atoms. The first kappa shape index (κ1) is 31.0. The molecule has 4 rings (SSSR count). The Bertz CT molecular complexity index is 1700. The molecule has 1 unspecified atom stereocenters. The smallest absolute Gasteiger partial charge is 0.407 e. The molecule has 11 nitrogen and oxygen atoms in total. The van der Waals surface area contributed by atoms with E-state index in [9.17, 15) is 19.2 Å². The molecule has 3 amide bonds. The molecule has 0 aliphatic rings. The average molecular weight is 606 g/mol. The summed E-state index contributed by atoms with van der Waals surface area (Å²) in [6, 6.07) is 18.0. The lowest BCUT2D eigenvalue weighted by Crippen LogP contribution is -2.35. The van der Waals surface area contributed by atoms with Gasteiger partial charge in [0.25, 0.3) is 17.4 Å². The van der Waals surface area contributed by atoms with Gasteiger partial charge in [-0.3, -0.25) is 14.4 Å². The summed E-state index contributed by atoms with van der Waals surface area (Å²) < 4.78 is 10.4. The number of ether oxygens (including phenoxy) is 2. The molecule has 224 valence electrons. The highest BCUT2D eigenvalue weighted by atomic mass is 35.5. The largest absolute Gasteiger partial charge is 0.481 e. The van der Waals surface area contributed by atoms with Gasteiger partial charge in [0.15, 0.2) is 0 Å². The van der Waals surface area contributed by atoms with E-state index in [2.05, 4.69) is 25.9 Å². The standard InChI is InChI=1S/C31H32ClN5O6/c1-31(2,3)43-30(41)33-15-14-23(18-8-6-5-7-9-18)34-27(38)20-10-12-22(32)24(17-20)35-28(39)21-16-19-11-13-25(42-4)36-26(19)37-29(21)40/h5-13,16-17,23H,14-15H2,1-4H3,(H,33,41)(H,34,38)(H,35,39)(H,36,37,40). The van der Waals surface area contributed by atoms with E-state index in [1.807, 2.05) is 30.3 Å². The van der Waals surface area contributed by atoms with Gasteiger partial charge in [-0.2, -0.15) is 4.98 Å². The van der Waals surface area contributed by atoms with E-state index in [1.54, 1.807) is 32.9 Å². The fourth-order valence-corrected chi connectivity index (χ4v) is 4.35. The lowest BCUT2D eigenvalue weighted by atomic mass is 10.0. The zero-order valence-electron chi connectivity index (χ0n) is 24.1. The van der Waals surface area contributed by atoms with Crippen LogP contribution in [0.3, 0.4) is 0 Å². The highest BCUT2D eigenvalue weighted by Gasteiger charge is 2.20. The Morgan fingerprint density at radius 1 is 1.00 bits per heavy atom. The number of halogens is 1. The third-order valence-electron chi connectivity index (χ3n) is 6.22. The van der Waals surface area contributed by atoms with Gasteiger partial charge >= 0.3 is 6.09 Å². The van der Waals surface area contributed by atoms with Crippen molar-refractivity contribution in [3.8, 4) is 5.88 Å². The molecule has 1 atom stereocenters. The first-order valence-corrected chi connectivity index (χ1v) is 13.8. The first-order chi connectivity index (χ1) is 20.4. The molecule has 0 spiro atoms. The van der Waals surface area contributed by atoms with Gasteiger partial charge in [-0.25, -0.2) is 4.79 Å². The maximum Gasteiger partial charge on any atom is 0.407 e. The zero-order chi connectivity index (χ0) is 31.1. The second kappa shape index (κ2) is 13.4. The third-order valence-corrected chi connectivity index (χ3v) is 6.55. The molecule has 0 aliphatic heterocycles. The van der Waals surface area contributed by atoms with E-state index in [1.165, 1.54) is 31.4 Å². The molecule has 2 heterocycles. The number of carbonyl (C=O) groups excluding carboxylic acids is 3. The molecule has 2 aromatic heterocycles. The van der Waals surface area contributed by atoms with Crippen LogP contribution in [0.25, 0.3) is 11.0 Å². The van der Waals surface area contributed by atoms with E-state index in [4.69, 9.17) is 21.1 Å². The number of aromatic nitrogens is 2. The zero-order valence-corrected chi connectivity index (χ0v) is 24.9. The van der Waals surface area contributed by atoms with Gasteiger partial charge in [-0.05, 0) is 63.1 Å². The Morgan fingerprint density at radius 3 is 2.44 bits per heavy atom. The molecule has 4 N–H and O–H groups in total. The number of pyridine rings is 2. The van der Waals surface area contributed by atoms with Crippen LogP contribution in [0.1, 0.15) is 59.5 Å². The summed E-state index contributed by atoms with van der Waals surface area (Å²) in [5.41, 5.74) is 0.0395. The van der Waals surface area contributed by atoms with Crippen molar-refractivity contribution in [2.75, 3.05) is 19.0 Å². The Hall–Kier alpha value is -4.90. The van der Waals surface area contributed by atoms with Gasteiger partial charge in [-0.15, -0.1) is 0 Å². The van der Waals surface area contributed by atoms with E-state index >= 15 is 0 Å². The van der Waals surface area contributed by atoms with Crippen LogP contribution in [-0.2, 0) is 4.74 Å². The van der Waals surface area contributed by atoms with E-state index in [0.29, 0.717) is 17.7 Å². The maximum atomic E-state index is 13.3. The van der Waals surface area contributed by atoms with Crippen LogP contribution in [0.5, 0.6) is 5.88 Å². The molecular weight excluding hydrogens is 574 g/mol. The van der Waals surface area contributed by atoms with Gasteiger partial charge in [0.05, 0.1) is 23.9 Å². The van der Waals surface area contributed by atoms with E-state index < -0.39 is 35.1 Å². The van der Waals surface area contributed by atoms with Crippen molar-refractivity contribution in [1.29, 1.82) is 0 Å². The van der Waals surface area contributed by atoms with Crippen molar-refractivity contribution >= 4 is 46.2 Å². The van der Waals surface area contributed by atoms with Crippen molar-refractivity contribution in [2.24, 2.45) is 0 Å². The number of carbonyl (C=O) groups is 3. The van der Waals surface area contributed by atoms with Crippen molar-refractivity contribution < 1.29 is 23.9 Å². The van der Waals surface area contributed by atoms with Crippen LogP contribution >= 0.6 is 11.6 Å². The summed E-state index contributed by atoms with van der Waals surface area (Å²) >= 11 is 6.34. The summed E-state index contributed by atoms with van der Waals surface area (Å²) in [6.45, 7) is 5.57. The number of benzene rings is 2. The van der Waals surface area contributed by atoms with Crippen molar-refractivity contribution in [3.63, 3.8) is 0 Å². The predicted molar refractivity (Wildman–Crippen MR) is 164 cm³/mol. The number of nitrogens with one attached hydrogen (secondary N) is 4. The highest BCUT2D eigenvalue weighted by Crippen LogP contribution is 2.25. The lowest BCUT2D eigenvalue weighted by Gasteiger charge is -2.22. The Kier molecular flexibility index (Phi) is 9.66. The number of anilines is 1. The van der Waals surface area contributed by atoms with Crippen LogP contribution in [0.4, 0.5) is 10.5 Å². The normalized spacial score (nSPS) is 11.8. The number of hydrogen-bond acceptors (Lipinski definition) is 7. The van der Waals surface area contributed by atoms with Crippen molar-refractivity contribution in [3.05, 3.63) is 98.8 Å². The molecule has 0 fully saturated rings. The highest BCUT2D eigenvalue weighted by molar-refractivity contribution is 6.34. The number of aromatic amines is 1. The summed E-state index contributed by atoms with van der Waals surface area (Å²) in [5.74, 6) is -0.827. The molecule has 0 radical (unpaired) electrons. The number of fused-ring (bicyclic) bond motifs is 1. The topological polar surface area (TPSA) is 152 Å². The Balaban J connectivity index is 1.49. The molecular formula is C31H32ClN5O6. The molecule has 4 aromatic rings. The molecule has 0 aliphatic carbocycles. The second-order valence-electron chi connectivity index (χ2n) is 10.6. The fourth-order valence-electron chi connectivity index (χ4n) is 4.18. The minimum absolute atomic E-state index is 0.148. The quantitative estimate of drug-likeness (QED) is 0.204. The third kappa shape index (κ3) is 8.32. The van der Waals surface area contributed by atoms with Crippen molar-refractivity contribution in [2.45, 2.75) is 38.8 Å². The van der Waals surface area contributed by atoms with Crippen LogP contribution in [0.15, 0.2) is 71.5 Å². The molecule has 0 saturated heterocycles. The Morgan fingerprint density at radius 2 is 1.74 bits per heavy atom. The maximum absolute atomic E-state index is 13.3. The minimum Gasteiger partial charge on any atom is -0.481 e. The molecule has 0 bridgehead atoms. The number of hydrogen-bond donors (Lipinski definition) is 4. The first-order valence-electron chi connectivity index (χ1n) is 13.4. The number of alkyl carbamates (subject to hydrolysis) is 1. The molecule has 0 saturated carbocycles. The summed E-state index contributed by atoms with van der Waals surface area (Å²) in [6.07, 6.45) is -0.164. The van der Waals surface area contributed by atoms with Gasteiger partial charge in [0.1, 0.15) is 16.8 Å². The summed E-state index contributed by atoms with van der Waals surface area (Å²) in [7, 11) is 1.46. The van der Waals surface area contributed by atoms with E-state index in [-0.39, 0.29) is 34.0 Å². The van der Waals surface area contributed by atoms with Gasteiger partial charge in [0.2, 0.25) is 5.88 Å². The Labute approximate surface area is 253 Å². The van der Waals surface area contributed by atoms with Crippen LogP contribution in [0.2, 0.25) is 5.02 Å². The second-order valence-corrected chi connectivity index (χ2v) is 11.0. The van der Waals surface area contributed by atoms with E-state index in [0.717, 1.165) is 5.56 Å². The van der Waals surface area contributed by atoms with Gasteiger partial charge in [-0.1, -0.05) is 41.9 Å². The monoisotopic (exact) mass is 605 g/mol. The van der Waals surface area contributed by atoms with Crippen molar-refractivity contribution in [1.82, 2.24) is 20.6 Å². The van der Waals surface area contributed by atoms with Gasteiger partial charge in [0, 0.05) is 23.6 Å². The average Bonchev–Trinajstić information content (AvgIpc) is 2.96. The van der Waals surface area contributed by atoms with Crippen LogP contribution in [-0.4, -0.2) is 47.1 Å². The summed E-state index contributed by atoms with van der Waals surface area (Å²) in [5, 5.41) is 9.02. The molecule has 2 aromatic carbocycles. The minimum atomic E-state index is -0.714. The fraction of sp³-hybridized carbons (Fsp3) is 0.258. The number of nitrogens with zero attached hydrogens (tertiary/aromatic N) is 1. The van der Waals surface area contributed by atoms with Gasteiger partial charge < -0.3 is 30.4 Å². The number of rotatable bonds is 9. The summed E-state index contributed by atoms with van der Waals surface area (Å²) in [4.78, 5) is 57.9. The van der Waals surface area contributed by atoms with Crippen LogP contribution in [0, 0.1) is 0 Å².